The molecule has 0 aromatic carbocycles. The summed E-state index contributed by atoms with van der Waals surface area (Å²) in [7, 11) is 2.95. The number of nitrogens with zero attached hydrogens (tertiary/aromatic N) is 1. The molecular weight excluding hydrogens is 871 g/mol. The maximum atomic E-state index is 14.4. The molecule has 3 fully saturated rings. The molecule has 2 saturated heterocycles. The standard InChI is InChI=1S/C54H79NO13/c1-32-16-11-10-12-17-33(2)41(45-19-15-25-66-45)30-40-22-20-38(7)54(63,68-40)51(60)52(61)55-24-14-13-18-42(55)53(62)67-46(35(4)28-39-21-23-43(56)47(29-39)64-8)31-44(57)34(3)27-37(6)49(59)50(65-9)48(58)36(5)26-32/h10-12,15-17,19,25,27,32,34-36,38-43,46-47,49-50,56,59,63H,13-14,18,20-24,26,28-31H2,1-9H3/b12-10+,16-11-,33-17+,37-27+/t32-,34-,35-,36-,38-,39+,40+,41+,42+,43-,46+,47-,49-,50+,54-/m1/s1. The van der Waals surface area contributed by atoms with E-state index < -0.39 is 77.8 Å². The van der Waals surface area contributed by atoms with Gasteiger partial charge in [-0.15, -0.1) is 0 Å². The number of Topliss-reactive ketones (excluding diaryl/α,β-unsaturated/α-hetero) is 3. The number of hydrogen-bond acceptors (Lipinski definition) is 13. The van der Waals surface area contributed by atoms with E-state index in [1.54, 1.807) is 46.3 Å². The van der Waals surface area contributed by atoms with Gasteiger partial charge >= 0.3 is 5.97 Å². The minimum absolute atomic E-state index is 0.00926. The van der Waals surface area contributed by atoms with Crippen LogP contribution in [0.5, 0.6) is 0 Å². The largest absolute Gasteiger partial charge is 0.469 e. The molecular formula is C54H79NO13. The number of fused-ring (bicyclic) bond motifs is 3. The minimum Gasteiger partial charge on any atom is -0.469 e. The van der Waals surface area contributed by atoms with Gasteiger partial charge in [-0.2, -0.15) is 0 Å². The number of carbonyl (C=O) groups is 5. The third kappa shape index (κ3) is 13.8. The fourth-order valence-corrected chi connectivity index (χ4v) is 10.7. The first-order chi connectivity index (χ1) is 32.3. The first-order valence-electron chi connectivity index (χ1n) is 25.0. The van der Waals surface area contributed by atoms with Crippen LogP contribution < -0.4 is 0 Å². The molecule has 3 aliphatic heterocycles. The maximum absolute atomic E-state index is 14.4. The number of aliphatic hydroxyl groups excluding tert-OH is 2. The van der Waals surface area contributed by atoms with Gasteiger partial charge < -0.3 is 43.6 Å². The van der Waals surface area contributed by atoms with E-state index >= 15 is 0 Å². The van der Waals surface area contributed by atoms with Gasteiger partial charge in [0.2, 0.25) is 5.79 Å². The second-order valence-corrected chi connectivity index (χ2v) is 20.4. The van der Waals surface area contributed by atoms with Crippen LogP contribution in [-0.2, 0) is 42.9 Å². The molecule has 4 aliphatic rings. The molecule has 14 nitrogen and oxygen atoms in total. The average Bonchev–Trinajstić information content (AvgIpc) is 3.86. The SMILES string of the molecule is CO[C@@H]1C[C@H](C[C@@H](C)[C@@H]2CC(=O)[C@H](C)/C=C(\C)[C@@H](O)[C@@H](OC)C(=O)[C@H](C)C[C@H](C)\C=C/C=C/C=C(\C)[C@@H](c3ccco3)C[C@@H]3CC[C@@H](C)[C@@](O)(O3)C(=O)C(=O)N3CCCC[C@H]3C(=O)O2)CC[C@H]1O. The lowest BCUT2D eigenvalue weighted by atomic mass is 9.78. The molecule has 1 aromatic heterocycles. The van der Waals surface area contributed by atoms with Gasteiger partial charge in [0.15, 0.2) is 5.78 Å². The highest BCUT2D eigenvalue weighted by Gasteiger charge is 2.53. The number of furan rings is 1. The lowest BCUT2D eigenvalue weighted by molar-refractivity contribution is -0.264. The number of piperidine rings is 1. The number of ketones is 3. The molecule has 5 rings (SSSR count). The Morgan fingerprint density at radius 1 is 0.882 bits per heavy atom. The van der Waals surface area contributed by atoms with E-state index in [1.165, 1.54) is 12.0 Å². The highest BCUT2D eigenvalue weighted by molar-refractivity contribution is 6.39. The van der Waals surface area contributed by atoms with Crippen molar-refractivity contribution >= 4 is 29.2 Å². The summed E-state index contributed by atoms with van der Waals surface area (Å²) in [5.74, 6) is -7.63. The van der Waals surface area contributed by atoms with Gasteiger partial charge in [0.1, 0.15) is 35.9 Å². The van der Waals surface area contributed by atoms with Gasteiger partial charge in [-0.25, -0.2) is 4.79 Å². The third-order valence-corrected chi connectivity index (χ3v) is 15.1. The highest BCUT2D eigenvalue weighted by atomic mass is 16.6. The smallest absolute Gasteiger partial charge is 0.329 e. The Bertz CT molecular complexity index is 1990. The van der Waals surface area contributed by atoms with E-state index in [-0.39, 0.29) is 60.7 Å². The molecule has 1 amide bonds. The van der Waals surface area contributed by atoms with Gasteiger partial charge in [-0.1, -0.05) is 76.6 Å². The van der Waals surface area contributed by atoms with Crippen molar-refractivity contribution in [1.82, 2.24) is 4.90 Å². The van der Waals surface area contributed by atoms with E-state index in [0.29, 0.717) is 69.1 Å². The molecule has 14 heteroatoms. The van der Waals surface area contributed by atoms with Crippen LogP contribution in [-0.4, -0.2) is 119 Å². The first-order valence-corrected chi connectivity index (χ1v) is 25.0. The quantitative estimate of drug-likeness (QED) is 0.144. The summed E-state index contributed by atoms with van der Waals surface area (Å²) in [6, 6.07) is 2.52. The molecule has 15 atom stereocenters. The number of allylic oxidation sites excluding steroid dienone is 7. The van der Waals surface area contributed by atoms with Crippen LogP contribution in [0.3, 0.4) is 0 Å². The molecule has 2 bridgehead atoms. The topological polar surface area (TPSA) is 199 Å². The summed E-state index contributed by atoms with van der Waals surface area (Å²) in [5.41, 5.74) is 1.33. The van der Waals surface area contributed by atoms with Crippen LogP contribution in [0.15, 0.2) is 70.4 Å². The number of rotatable bonds is 6. The number of aliphatic hydroxyl groups is 3. The van der Waals surface area contributed by atoms with Crippen LogP contribution in [0.1, 0.15) is 137 Å². The van der Waals surface area contributed by atoms with Gasteiger partial charge in [0, 0.05) is 50.9 Å². The van der Waals surface area contributed by atoms with Crippen LogP contribution in [0.4, 0.5) is 0 Å². The van der Waals surface area contributed by atoms with Crippen molar-refractivity contribution in [2.75, 3.05) is 20.8 Å². The number of hydrogen-bond donors (Lipinski definition) is 3. The molecule has 4 heterocycles. The van der Waals surface area contributed by atoms with Crippen LogP contribution in [0.2, 0.25) is 0 Å². The van der Waals surface area contributed by atoms with Crippen molar-refractivity contribution in [3.8, 4) is 0 Å². The van der Waals surface area contributed by atoms with E-state index in [1.807, 2.05) is 64.1 Å². The van der Waals surface area contributed by atoms with Crippen LogP contribution >= 0.6 is 0 Å². The second-order valence-electron chi connectivity index (χ2n) is 20.4. The van der Waals surface area contributed by atoms with Crippen molar-refractivity contribution in [3.05, 3.63) is 71.8 Å². The number of cyclic esters (lactones) is 1. The number of ether oxygens (including phenoxy) is 4. The lowest BCUT2D eigenvalue weighted by Gasteiger charge is -2.42. The number of amides is 1. The molecule has 0 radical (unpaired) electrons. The fourth-order valence-electron chi connectivity index (χ4n) is 10.7. The maximum Gasteiger partial charge on any atom is 0.329 e. The second kappa shape index (κ2) is 25.2. The zero-order valence-corrected chi connectivity index (χ0v) is 41.8. The van der Waals surface area contributed by atoms with E-state index in [2.05, 4.69) is 0 Å². The summed E-state index contributed by atoms with van der Waals surface area (Å²) in [4.78, 5) is 72.3. The van der Waals surface area contributed by atoms with Crippen molar-refractivity contribution in [3.63, 3.8) is 0 Å². The van der Waals surface area contributed by atoms with Crippen molar-refractivity contribution < 1.29 is 62.7 Å². The zero-order valence-electron chi connectivity index (χ0n) is 41.8. The average molecular weight is 950 g/mol. The van der Waals surface area contributed by atoms with Gasteiger partial charge in [0.25, 0.3) is 11.7 Å². The Kier molecular flexibility index (Phi) is 20.3. The normalized spacial score (nSPS) is 39.1. The fraction of sp³-hybridized carbons (Fsp3) is 0.685. The van der Waals surface area contributed by atoms with E-state index in [4.69, 9.17) is 23.4 Å². The molecule has 3 N–H and O–H groups in total. The van der Waals surface area contributed by atoms with Crippen molar-refractivity contribution in [2.45, 2.75) is 180 Å². The molecule has 1 aliphatic carbocycles. The van der Waals surface area contributed by atoms with Gasteiger partial charge in [-0.3, -0.25) is 19.2 Å². The Labute approximate surface area is 403 Å². The monoisotopic (exact) mass is 950 g/mol. The van der Waals surface area contributed by atoms with Gasteiger partial charge in [-0.05, 0) is 120 Å². The summed E-state index contributed by atoms with van der Waals surface area (Å²) >= 11 is 0. The number of methoxy groups -OCH3 is 2. The molecule has 378 valence electrons. The van der Waals surface area contributed by atoms with Crippen LogP contribution in [0.25, 0.3) is 0 Å². The van der Waals surface area contributed by atoms with Crippen LogP contribution in [0, 0.1) is 35.5 Å². The molecule has 0 spiro atoms. The Hall–Kier alpha value is -4.05. The summed E-state index contributed by atoms with van der Waals surface area (Å²) in [6.07, 6.45) is 13.3. The number of esters is 1. The lowest BCUT2D eigenvalue weighted by Crippen LogP contribution is -2.60. The first kappa shape index (κ1) is 54.9. The molecule has 1 saturated carbocycles. The zero-order chi connectivity index (χ0) is 49.9. The Morgan fingerprint density at radius 3 is 2.32 bits per heavy atom. The van der Waals surface area contributed by atoms with E-state index in [0.717, 1.165) is 12.0 Å². The Balaban J connectivity index is 1.49. The number of carbonyl (C=O) groups excluding carboxylic acids is 5. The predicted molar refractivity (Wildman–Crippen MR) is 256 cm³/mol. The van der Waals surface area contributed by atoms with Crippen molar-refractivity contribution in [2.24, 2.45) is 35.5 Å². The van der Waals surface area contributed by atoms with E-state index in [9.17, 15) is 39.3 Å². The minimum atomic E-state index is -2.45. The summed E-state index contributed by atoms with van der Waals surface area (Å²) < 4.78 is 29.6. The molecule has 68 heavy (non-hydrogen) atoms. The molecule has 0 unspecified atom stereocenters. The van der Waals surface area contributed by atoms with Gasteiger partial charge in [0.05, 0.1) is 24.6 Å². The van der Waals surface area contributed by atoms with Crippen molar-refractivity contribution in [1.29, 1.82) is 0 Å². The summed E-state index contributed by atoms with van der Waals surface area (Å²) in [6.45, 7) is 12.8. The molecule has 1 aromatic rings. The Morgan fingerprint density at radius 2 is 1.63 bits per heavy atom. The third-order valence-electron chi connectivity index (χ3n) is 15.1. The summed E-state index contributed by atoms with van der Waals surface area (Å²) in [5, 5.41) is 34.1. The predicted octanol–water partition coefficient (Wildman–Crippen LogP) is 7.54. The highest BCUT2D eigenvalue weighted by Crippen LogP contribution is 2.40.